The van der Waals surface area contributed by atoms with Crippen LogP contribution in [0.15, 0.2) is 54.7 Å². The maximum absolute atomic E-state index is 13.3. The van der Waals surface area contributed by atoms with Gasteiger partial charge in [0.25, 0.3) is 5.91 Å². The lowest BCUT2D eigenvalue weighted by atomic mass is 10.0. The third-order valence-electron chi connectivity index (χ3n) is 5.32. The van der Waals surface area contributed by atoms with Gasteiger partial charge in [0.2, 0.25) is 5.75 Å². The molecule has 0 fully saturated rings. The molecule has 0 aliphatic carbocycles. The number of rotatable bonds is 6. The molecule has 0 atom stereocenters. The van der Waals surface area contributed by atoms with Crippen LogP contribution in [0, 0.1) is 0 Å². The Hall–Kier alpha value is -4.05. The monoisotopic (exact) mass is 517 g/mol. The minimum absolute atomic E-state index is 0.204. The van der Waals surface area contributed by atoms with Crippen LogP contribution >= 0.6 is 11.6 Å². The van der Waals surface area contributed by atoms with Crippen molar-refractivity contribution in [2.24, 2.45) is 0 Å². The normalized spacial score (nSPS) is 11.3. The maximum Gasteiger partial charge on any atom is 0.417 e. The maximum atomic E-state index is 13.3. The molecule has 0 unspecified atom stereocenters. The van der Waals surface area contributed by atoms with Crippen LogP contribution in [0.25, 0.3) is 22.2 Å². The van der Waals surface area contributed by atoms with Crippen molar-refractivity contribution in [1.29, 1.82) is 0 Å². The van der Waals surface area contributed by atoms with Gasteiger partial charge in [0, 0.05) is 17.1 Å². The molecule has 2 aromatic carbocycles. The zero-order valence-corrected chi connectivity index (χ0v) is 20.0. The number of aromatic nitrogens is 2. The van der Waals surface area contributed by atoms with E-state index in [9.17, 15) is 18.0 Å². The number of amides is 1. The van der Waals surface area contributed by atoms with Crippen molar-refractivity contribution in [1.82, 2.24) is 9.97 Å². The summed E-state index contributed by atoms with van der Waals surface area (Å²) in [6.45, 7) is 0. The second kappa shape index (κ2) is 9.90. The first-order chi connectivity index (χ1) is 17.2. The SMILES string of the molecule is COc1cc(-c2cc(C(=O)Nc3ncc(C(F)(F)F)cc3Cl)c3ccccc3n2)cc(OC)c1OC. The Bertz CT molecular complexity index is 1440. The highest BCUT2D eigenvalue weighted by molar-refractivity contribution is 6.33. The second-order valence-corrected chi connectivity index (χ2v) is 7.90. The number of para-hydroxylation sites is 1. The number of ether oxygens (including phenoxy) is 3. The van der Waals surface area contributed by atoms with E-state index >= 15 is 0 Å². The van der Waals surface area contributed by atoms with E-state index < -0.39 is 17.6 Å². The fourth-order valence-electron chi connectivity index (χ4n) is 3.60. The largest absolute Gasteiger partial charge is 0.493 e. The van der Waals surface area contributed by atoms with E-state index in [0.29, 0.717) is 51.7 Å². The highest BCUT2D eigenvalue weighted by atomic mass is 35.5. The van der Waals surface area contributed by atoms with E-state index in [1.807, 2.05) is 0 Å². The Kier molecular flexibility index (Phi) is 6.89. The van der Waals surface area contributed by atoms with Crippen LogP contribution in [0.2, 0.25) is 5.02 Å². The number of methoxy groups -OCH3 is 3. The molecule has 36 heavy (non-hydrogen) atoms. The van der Waals surface area contributed by atoms with Gasteiger partial charge in [-0.05, 0) is 30.3 Å². The molecular formula is C25H19ClF3N3O4. The fourth-order valence-corrected chi connectivity index (χ4v) is 3.81. The molecule has 11 heteroatoms. The van der Waals surface area contributed by atoms with E-state index in [0.717, 1.165) is 0 Å². The molecule has 7 nitrogen and oxygen atoms in total. The van der Waals surface area contributed by atoms with E-state index in [1.165, 1.54) is 21.3 Å². The predicted octanol–water partition coefficient (Wildman–Crippen LogP) is 6.25. The molecule has 4 aromatic rings. The molecule has 186 valence electrons. The third-order valence-corrected chi connectivity index (χ3v) is 5.61. The lowest BCUT2D eigenvalue weighted by Crippen LogP contribution is -2.15. The second-order valence-electron chi connectivity index (χ2n) is 7.49. The van der Waals surface area contributed by atoms with Gasteiger partial charge >= 0.3 is 6.18 Å². The summed E-state index contributed by atoms with van der Waals surface area (Å²) in [5, 5.41) is 2.67. The lowest BCUT2D eigenvalue weighted by molar-refractivity contribution is -0.137. The number of benzene rings is 2. The van der Waals surface area contributed by atoms with E-state index in [2.05, 4.69) is 15.3 Å². The van der Waals surface area contributed by atoms with Crippen LogP contribution in [0.4, 0.5) is 19.0 Å². The van der Waals surface area contributed by atoms with Crippen molar-refractivity contribution in [2.45, 2.75) is 6.18 Å². The van der Waals surface area contributed by atoms with E-state index in [4.69, 9.17) is 25.8 Å². The van der Waals surface area contributed by atoms with Crippen LogP contribution in [-0.2, 0) is 6.18 Å². The number of fused-ring (bicyclic) bond motifs is 1. The Morgan fingerprint density at radius 1 is 0.972 bits per heavy atom. The highest BCUT2D eigenvalue weighted by Gasteiger charge is 2.32. The predicted molar refractivity (Wildman–Crippen MR) is 129 cm³/mol. The van der Waals surface area contributed by atoms with Gasteiger partial charge in [-0.1, -0.05) is 29.8 Å². The van der Waals surface area contributed by atoms with Crippen LogP contribution < -0.4 is 19.5 Å². The number of hydrogen-bond acceptors (Lipinski definition) is 6. The van der Waals surface area contributed by atoms with Gasteiger partial charge in [-0.2, -0.15) is 13.2 Å². The standard InChI is InChI=1S/C25H19ClF3N3O4/c1-34-20-8-13(9-21(35-2)22(20)36-3)19-11-16(15-6-4-5-7-18(15)31-19)24(33)32-23-17(26)10-14(12-30-23)25(27,28)29/h4-12H,1-3H3,(H,30,32,33). The molecule has 0 aliphatic heterocycles. The van der Waals surface area contributed by atoms with Gasteiger partial charge in [-0.3, -0.25) is 4.79 Å². The first-order valence-corrected chi connectivity index (χ1v) is 10.8. The minimum Gasteiger partial charge on any atom is -0.493 e. The molecule has 2 heterocycles. The topological polar surface area (TPSA) is 82.6 Å². The number of hydrogen-bond donors (Lipinski definition) is 1. The summed E-state index contributed by atoms with van der Waals surface area (Å²) < 4.78 is 55.0. The molecule has 0 saturated carbocycles. The minimum atomic E-state index is -4.62. The summed E-state index contributed by atoms with van der Waals surface area (Å²) in [6.07, 6.45) is -4.01. The van der Waals surface area contributed by atoms with Gasteiger partial charge in [0.15, 0.2) is 17.3 Å². The quantitative estimate of drug-likeness (QED) is 0.326. The molecule has 0 bridgehead atoms. The zero-order chi connectivity index (χ0) is 26.0. The van der Waals surface area contributed by atoms with E-state index in [1.54, 1.807) is 42.5 Å². The summed E-state index contributed by atoms with van der Waals surface area (Å²) in [4.78, 5) is 21.6. The van der Waals surface area contributed by atoms with Crippen molar-refractivity contribution in [3.8, 4) is 28.5 Å². The smallest absolute Gasteiger partial charge is 0.417 e. The molecule has 0 saturated heterocycles. The van der Waals surface area contributed by atoms with Gasteiger partial charge in [0.1, 0.15) is 0 Å². The molecule has 2 aromatic heterocycles. The number of halogens is 4. The Balaban J connectivity index is 1.80. The number of pyridine rings is 2. The van der Waals surface area contributed by atoms with Crippen LogP contribution in [-0.4, -0.2) is 37.2 Å². The summed E-state index contributed by atoms with van der Waals surface area (Å²) in [5.41, 5.74) is 0.701. The van der Waals surface area contributed by atoms with Crippen molar-refractivity contribution in [2.75, 3.05) is 26.6 Å². The summed E-state index contributed by atoms with van der Waals surface area (Å²) in [7, 11) is 4.44. The molecule has 0 radical (unpaired) electrons. The molecule has 0 aliphatic rings. The lowest BCUT2D eigenvalue weighted by Gasteiger charge is -2.15. The van der Waals surface area contributed by atoms with Gasteiger partial charge in [-0.15, -0.1) is 0 Å². The summed E-state index contributed by atoms with van der Waals surface area (Å²) >= 11 is 5.98. The first kappa shape index (κ1) is 25.1. The summed E-state index contributed by atoms with van der Waals surface area (Å²) in [6, 6.07) is 12.6. The van der Waals surface area contributed by atoms with Crippen LogP contribution in [0.1, 0.15) is 15.9 Å². The van der Waals surface area contributed by atoms with Gasteiger partial charge < -0.3 is 19.5 Å². The summed E-state index contributed by atoms with van der Waals surface area (Å²) in [5.74, 6) is 0.356. The fraction of sp³-hybridized carbons (Fsp3) is 0.160. The molecule has 1 amide bonds. The van der Waals surface area contributed by atoms with Crippen molar-refractivity contribution in [3.05, 3.63) is 70.9 Å². The molecular weight excluding hydrogens is 499 g/mol. The zero-order valence-electron chi connectivity index (χ0n) is 19.2. The average Bonchev–Trinajstić information content (AvgIpc) is 2.87. The number of anilines is 1. The molecule has 0 spiro atoms. The van der Waals surface area contributed by atoms with E-state index in [-0.39, 0.29) is 16.4 Å². The van der Waals surface area contributed by atoms with Gasteiger partial charge in [-0.25, -0.2) is 9.97 Å². The number of nitrogens with one attached hydrogen (secondary N) is 1. The van der Waals surface area contributed by atoms with Crippen molar-refractivity contribution < 1.29 is 32.2 Å². The number of alkyl halides is 3. The number of carbonyl (C=O) groups is 1. The number of nitrogens with zero attached hydrogens (tertiary/aromatic N) is 2. The first-order valence-electron chi connectivity index (χ1n) is 10.4. The third kappa shape index (κ3) is 4.85. The van der Waals surface area contributed by atoms with Crippen LogP contribution in [0.5, 0.6) is 17.2 Å². The number of carbonyl (C=O) groups excluding carboxylic acids is 1. The Labute approximate surface area is 208 Å². The highest BCUT2D eigenvalue weighted by Crippen LogP contribution is 2.41. The van der Waals surface area contributed by atoms with Crippen molar-refractivity contribution >= 4 is 34.2 Å². The molecule has 1 N–H and O–H groups in total. The van der Waals surface area contributed by atoms with Crippen LogP contribution in [0.3, 0.4) is 0 Å². The molecule has 4 rings (SSSR count). The Morgan fingerprint density at radius 2 is 1.64 bits per heavy atom. The average molecular weight is 518 g/mol. The van der Waals surface area contributed by atoms with Gasteiger partial charge in [0.05, 0.1) is 48.7 Å². The van der Waals surface area contributed by atoms with Crippen molar-refractivity contribution in [3.63, 3.8) is 0 Å². The Morgan fingerprint density at radius 3 is 2.22 bits per heavy atom.